The lowest BCUT2D eigenvalue weighted by atomic mass is 9.76. The molecule has 4 nitrogen and oxygen atoms in total. The Bertz CT molecular complexity index is 405. The third-order valence-electron chi connectivity index (χ3n) is 4.96. The number of thioether (sulfide) groups is 1. The Balaban J connectivity index is 2.11. The van der Waals surface area contributed by atoms with Crippen LogP contribution in [0.15, 0.2) is 0 Å². The van der Waals surface area contributed by atoms with E-state index in [1.54, 1.807) is 18.7 Å². The maximum Gasteiger partial charge on any atom is 0.166 e. The fourth-order valence-electron chi connectivity index (χ4n) is 3.33. The van der Waals surface area contributed by atoms with Gasteiger partial charge in [0, 0.05) is 30.3 Å². The summed E-state index contributed by atoms with van der Waals surface area (Å²) in [6.07, 6.45) is 3.50. The van der Waals surface area contributed by atoms with E-state index in [-0.39, 0.29) is 11.1 Å². The first-order valence-corrected chi connectivity index (χ1v) is 10.6. The zero-order valence-corrected chi connectivity index (χ0v) is 14.4. The second-order valence-electron chi connectivity index (χ2n) is 6.06. The predicted octanol–water partition coefficient (Wildman–Crippen LogP) is 1.58. The van der Waals surface area contributed by atoms with Crippen LogP contribution in [0.3, 0.4) is 0 Å². The molecule has 2 heterocycles. The lowest BCUT2D eigenvalue weighted by Crippen LogP contribution is -2.53. The molecule has 0 radical (unpaired) electrons. The number of nitrogens with one attached hydrogen (secondary N) is 1. The van der Waals surface area contributed by atoms with Crippen LogP contribution in [0.4, 0.5) is 0 Å². The van der Waals surface area contributed by atoms with Crippen molar-refractivity contribution in [1.29, 1.82) is 0 Å². The van der Waals surface area contributed by atoms with E-state index in [1.807, 2.05) is 0 Å². The molecule has 0 bridgehead atoms. The van der Waals surface area contributed by atoms with E-state index in [4.69, 9.17) is 0 Å². The molecule has 2 aliphatic heterocycles. The Morgan fingerprint density at radius 3 is 2.60 bits per heavy atom. The molecule has 0 aromatic heterocycles. The summed E-state index contributed by atoms with van der Waals surface area (Å²) in [6.45, 7) is 8.04. The van der Waals surface area contributed by atoms with Gasteiger partial charge >= 0.3 is 0 Å². The summed E-state index contributed by atoms with van der Waals surface area (Å²) >= 11 is 1.78. The molecule has 20 heavy (non-hydrogen) atoms. The quantitative estimate of drug-likeness (QED) is 0.833. The minimum absolute atomic E-state index is 0.259. The van der Waals surface area contributed by atoms with Crippen molar-refractivity contribution in [2.24, 2.45) is 5.41 Å². The predicted molar refractivity (Wildman–Crippen MR) is 87.0 cm³/mol. The SMILES string of the molecule is CCC1(CN2CCSCC2S(=O)(=O)CC)CCNCC1. The summed E-state index contributed by atoms with van der Waals surface area (Å²) in [6, 6.07) is 0. The minimum Gasteiger partial charge on any atom is -0.317 e. The zero-order valence-electron chi connectivity index (χ0n) is 12.7. The molecule has 2 rings (SSSR count). The van der Waals surface area contributed by atoms with Crippen molar-refractivity contribution in [2.45, 2.75) is 38.5 Å². The first-order valence-electron chi connectivity index (χ1n) is 7.77. The van der Waals surface area contributed by atoms with Crippen LogP contribution < -0.4 is 5.32 Å². The van der Waals surface area contributed by atoms with E-state index in [0.717, 1.165) is 44.1 Å². The van der Waals surface area contributed by atoms with Crippen molar-refractivity contribution in [2.75, 3.05) is 43.4 Å². The molecule has 118 valence electrons. The highest BCUT2D eigenvalue weighted by molar-refractivity contribution is 8.01. The van der Waals surface area contributed by atoms with Crippen LogP contribution in [0.25, 0.3) is 0 Å². The average Bonchev–Trinajstić information content (AvgIpc) is 2.48. The van der Waals surface area contributed by atoms with Crippen LogP contribution >= 0.6 is 11.8 Å². The van der Waals surface area contributed by atoms with Crippen LogP contribution in [0.1, 0.15) is 33.1 Å². The van der Waals surface area contributed by atoms with Crippen molar-refractivity contribution in [3.8, 4) is 0 Å². The third-order valence-corrected chi connectivity index (χ3v) is 8.29. The summed E-state index contributed by atoms with van der Waals surface area (Å²) < 4.78 is 24.7. The standard InChI is InChI=1S/C14H28N2O2S2/c1-3-14(5-7-15-8-6-14)12-16-9-10-19-11-13(16)20(17,18)4-2/h13,15H,3-12H2,1-2H3. The summed E-state index contributed by atoms with van der Waals surface area (Å²) in [5, 5.41) is 3.16. The van der Waals surface area contributed by atoms with E-state index >= 15 is 0 Å². The van der Waals surface area contributed by atoms with Crippen molar-refractivity contribution >= 4 is 21.6 Å². The Morgan fingerprint density at radius 2 is 2.00 bits per heavy atom. The van der Waals surface area contributed by atoms with Crippen molar-refractivity contribution in [1.82, 2.24) is 10.2 Å². The molecule has 1 atom stereocenters. The molecule has 0 amide bonds. The van der Waals surface area contributed by atoms with Gasteiger partial charge in [-0.25, -0.2) is 8.42 Å². The lowest BCUT2D eigenvalue weighted by molar-refractivity contribution is 0.104. The van der Waals surface area contributed by atoms with Gasteiger partial charge < -0.3 is 5.32 Å². The first kappa shape index (κ1) is 16.6. The van der Waals surface area contributed by atoms with Gasteiger partial charge in [-0.05, 0) is 37.8 Å². The Kier molecular flexibility index (Phi) is 5.79. The van der Waals surface area contributed by atoms with Crippen LogP contribution in [-0.2, 0) is 9.84 Å². The van der Waals surface area contributed by atoms with E-state index in [0.29, 0.717) is 5.41 Å². The summed E-state index contributed by atoms with van der Waals surface area (Å²) in [5.74, 6) is 2.07. The number of nitrogens with zero attached hydrogens (tertiary/aromatic N) is 1. The second kappa shape index (κ2) is 6.99. The number of sulfone groups is 1. The van der Waals surface area contributed by atoms with Gasteiger partial charge in [0.1, 0.15) is 5.37 Å². The Hall–Kier alpha value is 0.220. The lowest BCUT2D eigenvalue weighted by Gasteiger charge is -2.44. The fraction of sp³-hybridized carbons (Fsp3) is 1.00. The maximum absolute atomic E-state index is 12.3. The molecule has 0 aromatic rings. The van der Waals surface area contributed by atoms with Gasteiger partial charge in [0.15, 0.2) is 9.84 Å². The molecule has 1 N–H and O–H groups in total. The molecule has 6 heteroatoms. The first-order chi connectivity index (χ1) is 9.53. The van der Waals surface area contributed by atoms with E-state index < -0.39 is 9.84 Å². The molecular formula is C14H28N2O2S2. The maximum atomic E-state index is 12.3. The highest BCUT2D eigenvalue weighted by atomic mass is 32.2. The Labute approximate surface area is 128 Å². The van der Waals surface area contributed by atoms with Gasteiger partial charge in [0.25, 0.3) is 0 Å². The molecule has 2 fully saturated rings. The summed E-state index contributed by atoms with van der Waals surface area (Å²) in [4.78, 5) is 2.27. The normalized spacial score (nSPS) is 28.4. The van der Waals surface area contributed by atoms with Crippen LogP contribution in [0.5, 0.6) is 0 Å². The minimum atomic E-state index is -2.97. The molecular weight excluding hydrogens is 292 g/mol. The summed E-state index contributed by atoms with van der Waals surface area (Å²) in [5.41, 5.74) is 0.314. The molecule has 0 saturated carbocycles. The third kappa shape index (κ3) is 3.70. The molecule has 0 aromatic carbocycles. The highest BCUT2D eigenvalue weighted by Gasteiger charge is 2.39. The van der Waals surface area contributed by atoms with E-state index in [1.165, 1.54) is 12.8 Å². The number of hydrogen-bond donors (Lipinski definition) is 1. The molecule has 0 aliphatic carbocycles. The van der Waals surface area contributed by atoms with Crippen molar-refractivity contribution in [3.63, 3.8) is 0 Å². The van der Waals surface area contributed by atoms with E-state index in [2.05, 4.69) is 17.1 Å². The zero-order chi connectivity index (χ0) is 14.6. The van der Waals surface area contributed by atoms with Gasteiger partial charge in [0.2, 0.25) is 0 Å². The number of hydrogen-bond acceptors (Lipinski definition) is 5. The second-order valence-corrected chi connectivity index (χ2v) is 9.65. The largest absolute Gasteiger partial charge is 0.317 e. The van der Waals surface area contributed by atoms with Gasteiger partial charge in [0.05, 0.1) is 0 Å². The number of piperidine rings is 1. The average molecular weight is 321 g/mol. The number of rotatable bonds is 5. The van der Waals surface area contributed by atoms with Gasteiger partial charge in [-0.15, -0.1) is 0 Å². The van der Waals surface area contributed by atoms with Crippen LogP contribution in [0, 0.1) is 5.41 Å². The van der Waals surface area contributed by atoms with E-state index in [9.17, 15) is 8.42 Å². The van der Waals surface area contributed by atoms with Gasteiger partial charge in [-0.3, -0.25) is 4.90 Å². The molecule has 0 spiro atoms. The van der Waals surface area contributed by atoms with Crippen molar-refractivity contribution in [3.05, 3.63) is 0 Å². The topological polar surface area (TPSA) is 49.4 Å². The van der Waals surface area contributed by atoms with Crippen LogP contribution in [-0.4, -0.2) is 62.1 Å². The molecule has 2 saturated heterocycles. The van der Waals surface area contributed by atoms with Gasteiger partial charge in [-0.2, -0.15) is 11.8 Å². The molecule has 1 unspecified atom stereocenters. The van der Waals surface area contributed by atoms with Crippen molar-refractivity contribution < 1.29 is 8.42 Å². The highest BCUT2D eigenvalue weighted by Crippen LogP contribution is 2.35. The van der Waals surface area contributed by atoms with Gasteiger partial charge in [-0.1, -0.05) is 13.8 Å². The monoisotopic (exact) mass is 320 g/mol. The smallest absolute Gasteiger partial charge is 0.166 e. The molecule has 2 aliphatic rings. The fourth-order valence-corrected chi connectivity index (χ4v) is 6.41. The Morgan fingerprint density at radius 1 is 1.30 bits per heavy atom. The summed E-state index contributed by atoms with van der Waals surface area (Å²) in [7, 11) is -2.97. The van der Waals surface area contributed by atoms with Crippen LogP contribution in [0.2, 0.25) is 0 Å².